The van der Waals surface area contributed by atoms with E-state index in [1.165, 1.54) is 36.1 Å². The molecule has 0 spiro atoms. The van der Waals surface area contributed by atoms with Crippen LogP contribution in [0.25, 0.3) is 0 Å². The van der Waals surface area contributed by atoms with Gasteiger partial charge in [0.25, 0.3) is 0 Å². The Morgan fingerprint density at radius 1 is 1.11 bits per heavy atom. The van der Waals surface area contributed by atoms with E-state index < -0.39 is 0 Å². The van der Waals surface area contributed by atoms with Crippen molar-refractivity contribution in [2.75, 3.05) is 19.6 Å². The van der Waals surface area contributed by atoms with Gasteiger partial charge >= 0.3 is 0 Å². The van der Waals surface area contributed by atoms with Crippen LogP contribution in [0.3, 0.4) is 0 Å². The molecule has 4 rings (SSSR count). The lowest BCUT2D eigenvalue weighted by Crippen LogP contribution is -2.43. The van der Waals surface area contributed by atoms with Crippen LogP contribution in [0.5, 0.6) is 0 Å². The summed E-state index contributed by atoms with van der Waals surface area (Å²) in [6.45, 7) is 9.86. The monoisotopic (exact) mass is 384 g/mol. The molecule has 1 saturated carbocycles. The molecule has 0 radical (unpaired) electrons. The minimum Gasteiger partial charge on any atom is -0.297 e. The Hall–Kier alpha value is -1.72. The molecule has 0 unspecified atom stereocenters. The second kappa shape index (κ2) is 8.34. The smallest absolute Gasteiger partial charge is 0.123 e. The molecule has 2 fully saturated rings. The highest BCUT2D eigenvalue weighted by Crippen LogP contribution is 2.41. The minimum atomic E-state index is -0.158. The Bertz CT molecular complexity index is 778. The first kappa shape index (κ1) is 19.6. The lowest BCUT2D eigenvalue weighted by Gasteiger charge is -2.34. The number of hydrogen-bond acceptors (Lipinski definition) is 3. The average Bonchev–Trinajstić information content (AvgIpc) is 3.45. The average molecular weight is 385 g/mol. The first-order chi connectivity index (χ1) is 13.5. The fourth-order valence-electron chi connectivity index (χ4n) is 4.67. The van der Waals surface area contributed by atoms with Crippen LogP contribution in [0.4, 0.5) is 4.39 Å². The Labute approximate surface area is 168 Å². The van der Waals surface area contributed by atoms with E-state index in [2.05, 4.69) is 46.7 Å². The Morgan fingerprint density at radius 3 is 2.54 bits per heavy atom. The number of halogens is 1. The number of aryl methyl sites for hydroxylation is 1. The van der Waals surface area contributed by atoms with E-state index in [0.717, 1.165) is 38.6 Å². The number of aromatic nitrogens is 2. The fraction of sp³-hybridized carbons (Fsp3) is 0.609. The van der Waals surface area contributed by atoms with E-state index in [4.69, 9.17) is 0 Å². The van der Waals surface area contributed by atoms with E-state index >= 15 is 0 Å². The highest BCUT2D eigenvalue weighted by atomic mass is 19.1. The quantitative estimate of drug-likeness (QED) is 0.747. The van der Waals surface area contributed by atoms with Crippen molar-refractivity contribution in [2.24, 2.45) is 13.0 Å². The van der Waals surface area contributed by atoms with E-state index in [9.17, 15) is 4.39 Å². The minimum absolute atomic E-state index is 0.158. The van der Waals surface area contributed by atoms with Crippen LogP contribution >= 0.6 is 0 Å². The molecule has 2 aliphatic rings. The molecule has 4 nitrogen and oxygen atoms in total. The third-order valence-electron chi connectivity index (χ3n) is 6.32. The van der Waals surface area contributed by atoms with Crippen molar-refractivity contribution in [3.63, 3.8) is 0 Å². The first-order valence-corrected chi connectivity index (χ1v) is 10.7. The van der Waals surface area contributed by atoms with Crippen molar-refractivity contribution in [3.8, 4) is 0 Å². The van der Waals surface area contributed by atoms with Crippen molar-refractivity contribution in [1.82, 2.24) is 19.6 Å². The summed E-state index contributed by atoms with van der Waals surface area (Å²) < 4.78 is 15.4. The maximum atomic E-state index is 13.3. The summed E-state index contributed by atoms with van der Waals surface area (Å²) >= 11 is 0. The predicted octanol–water partition coefficient (Wildman–Crippen LogP) is 4.17. The zero-order valence-electron chi connectivity index (χ0n) is 17.4. The molecule has 2 heterocycles. The van der Waals surface area contributed by atoms with Gasteiger partial charge in [0.2, 0.25) is 0 Å². The third-order valence-corrected chi connectivity index (χ3v) is 6.32. The topological polar surface area (TPSA) is 24.3 Å². The molecule has 0 amide bonds. The molecule has 0 N–H and O–H groups in total. The predicted molar refractivity (Wildman–Crippen MR) is 111 cm³/mol. The molecule has 28 heavy (non-hydrogen) atoms. The van der Waals surface area contributed by atoms with Crippen LogP contribution in [-0.2, 0) is 20.1 Å². The van der Waals surface area contributed by atoms with Crippen LogP contribution in [0.1, 0.15) is 55.8 Å². The highest BCUT2D eigenvalue weighted by molar-refractivity contribution is 5.25. The standard InChI is InChI=1S/C23H33FN4/c1-17(2)22-16-27(15-20-13-25-26(3)23(20)19-7-8-19)11-4-12-28(22)14-18-5-9-21(24)10-6-18/h5-6,9-10,13,17,19,22H,4,7-8,11-12,14-16H2,1-3H3/t22-/m1/s1. The Kier molecular flexibility index (Phi) is 5.83. The number of benzene rings is 1. The summed E-state index contributed by atoms with van der Waals surface area (Å²) in [5.74, 6) is 1.15. The number of nitrogens with zero attached hydrogens (tertiary/aromatic N) is 4. The van der Waals surface area contributed by atoms with Crippen molar-refractivity contribution in [1.29, 1.82) is 0 Å². The van der Waals surface area contributed by atoms with E-state index in [-0.39, 0.29) is 5.82 Å². The van der Waals surface area contributed by atoms with Crippen molar-refractivity contribution < 1.29 is 4.39 Å². The summed E-state index contributed by atoms with van der Waals surface area (Å²) in [5.41, 5.74) is 4.07. The summed E-state index contributed by atoms with van der Waals surface area (Å²) in [7, 11) is 2.08. The summed E-state index contributed by atoms with van der Waals surface area (Å²) in [6, 6.07) is 7.51. The molecule has 152 valence electrons. The summed E-state index contributed by atoms with van der Waals surface area (Å²) in [5, 5.41) is 4.55. The molecule has 1 aromatic heterocycles. The second-order valence-corrected chi connectivity index (χ2v) is 8.95. The lowest BCUT2D eigenvalue weighted by atomic mass is 10.0. The van der Waals surface area contributed by atoms with E-state index in [0.29, 0.717) is 12.0 Å². The SMILES string of the molecule is CC(C)[C@H]1CN(Cc2cnn(C)c2C2CC2)CCCN1Cc1ccc(F)cc1. The van der Waals surface area contributed by atoms with Gasteiger partial charge in [0.1, 0.15) is 5.82 Å². The molecule has 1 aliphatic heterocycles. The molecule has 0 bridgehead atoms. The van der Waals surface area contributed by atoms with Crippen LogP contribution in [-0.4, -0.2) is 45.3 Å². The zero-order valence-corrected chi connectivity index (χ0v) is 17.4. The van der Waals surface area contributed by atoms with E-state index in [1.807, 2.05) is 12.1 Å². The van der Waals surface area contributed by atoms with Gasteiger partial charge in [-0.2, -0.15) is 5.10 Å². The maximum absolute atomic E-state index is 13.3. The first-order valence-electron chi connectivity index (χ1n) is 10.7. The van der Waals surface area contributed by atoms with Gasteiger partial charge in [-0.15, -0.1) is 0 Å². The van der Waals surface area contributed by atoms with Gasteiger partial charge in [0.15, 0.2) is 0 Å². The zero-order chi connectivity index (χ0) is 19.7. The van der Waals surface area contributed by atoms with Crippen molar-refractivity contribution in [2.45, 2.75) is 58.2 Å². The second-order valence-electron chi connectivity index (χ2n) is 8.95. The fourth-order valence-corrected chi connectivity index (χ4v) is 4.67. The van der Waals surface area contributed by atoms with Crippen LogP contribution in [0.15, 0.2) is 30.5 Å². The van der Waals surface area contributed by atoms with Gasteiger partial charge in [-0.3, -0.25) is 14.5 Å². The highest BCUT2D eigenvalue weighted by Gasteiger charge is 2.31. The van der Waals surface area contributed by atoms with Crippen molar-refractivity contribution >= 4 is 0 Å². The molecule has 1 aromatic carbocycles. The van der Waals surface area contributed by atoms with Gasteiger partial charge in [0, 0.05) is 56.4 Å². The number of rotatable bonds is 6. The van der Waals surface area contributed by atoms with Crippen LogP contribution in [0, 0.1) is 11.7 Å². The normalized spacial score (nSPS) is 22.0. The van der Waals surface area contributed by atoms with Crippen molar-refractivity contribution in [3.05, 3.63) is 53.1 Å². The molecular formula is C23H33FN4. The molecular weight excluding hydrogens is 351 g/mol. The molecule has 5 heteroatoms. The molecule has 2 aromatic rings. The lowest BCUT2D eigenvalue weighted by molar-refractivity contribution is 0.130. The molecule has 1 saturated heterocycles. The molecule has 1 aliphatic carbocycles. The van der Waals surface area contributed by atoms with Gasteiger partial charge in [0.05, 0.1) is 6.20 Å². The summed E-state index contributed by atoms with van der Waals surface area (Å²) in [4.78, 5) is 5.22. The van der Waals surface area contributed by atoms with Gasteiger partial charge in [-0.05, 0) is 49.4 Å². The Balaban J connectivity index is 1.46. The maximum Gasteiger partial charge on any atom is 0.123 e. The molecule has 1 atom stereocenters. The third kappa shape index (κ3) is 4.47. The van der Waals surface area contributed by atoms with Gasteiger partial charge < -0.3 is 0 Å². The van der Waals surface area contributed by atoms with Crippen LogP contribution < -0.4 is 0 Å². The van der Waals surface area contributed by atoms with Crippen LogP contribution in [0.2, 0.25) is 0 Å². The van der Waals surface area contributed by atoms with E-state index in [1.54, 1.807) is 12.1 Å². The number of hydrogen-bond donors (Lipinski definition) is 0. The Morgan fingerprint density at radius 2 is 1.86 bits per heavy atom. The van der Waals surface area contributed by atoms with Gasteiger partial charge in [-0.1, -0.05) is 26.0 Å². The summed E-state index contributed by atoms with van der Waals surface area (Å²) in [6.07, 6.45) is 5.88. The van der Waals surface area contributed by atoms with Gasteiger partial charge in [-0.25, -0.2) is 4.39 Å². The largest absolute Gasteiger partial charge is 0.297 e.